The van der Waals surface area contributed by atoms with Crippen molar-refractivity contribution in [1.82, 2.24) is 9.62 Å². The zero-order valence-electron chi connectivity index (χ0n) is 13.2. The highest BCUT2D eigenvalue weighted by Gasteiger charge is 2.14. The minimum Gasteiger partial charge on any atom is -0.397 e. The van der Waals surface area contributed by atoms with Gasteiger partial charge in [-0.05, 0) is 39.1 Å². The summed E-state index contributed by atoms with van der Waals surface area (Å²) in [7, 11) is -1.42. The number of hydrogen-bond acceptors (Lipinski definition) is 5. The van der Waals surface area contributed by atoms with Crippen LogP contribution in [0.15, 0.2) is 23.1 Å². The van der Waals surface area contributed by atoms with E-state index >= 15 is 0 Å². The molecule has 120 valence electrons. The third-order valence-electron chi connectivity index (χ3n) is 3.33. The van der Waals surface area contributed by atoms with Gasteiger partial charge in [0.1, 0.15) is 0 Å². The van der Waals surface area contributed by atoms with Crippen LogP contribution in [0, 0.1) is 0 Å². The van der Waals surface area contributed by atoms with Crippen LogP contribution in [0.5, 0.6) is 0 Å². The highest BCUT2D eigenvalue weighted by Crippen LogP contribution is 2.22. The van der Waals surface area contributed by atoms with Gasteiger partial charge in [0.05, 0.1) is 16.3 Å². The van der Waals surface area contributed by atoms with Crippen LogP contribution in [0.2, 0.25) is 0 Å². The van der Waals surface area contributed by atoms with Crippen molar-refractivity contribution < 1.29 is 8.42 Å². The molecule has 0 radical (unpaired) electrons. The molecule has 7 heteroatoms. The number of likely N-dealkylation sites (N-methyl/N-ethyl adjacent to an activating group) is 1. The van der Waals surface area contributed by atoms with Crippen molar-refractivity contribution in [3.8, 4) is 0 Å². The van der Waals surface area contributed by atoms with Gasteiger partial charge in [0.25, 0.3) is 0 Å². The molecule has 4 N–H and O–H groups in total. The number of nitrogen functional groups attached to an aromatic ring is 1. The van der Waals surface area contributed by atoms with Crippen molar-refractivity contribution in [2.45, 2.75) is 31.7 Å². The van der Waals surface area contributed by atoms with E-state index in [0.717, 1.165) is 6.54 Å². The van der Waals surface area contributed by atoms with Crippen LogP contribution in [0.1, 0.15) is 20.8 Å². The maximum absolute atomic E-state index is 12.0. The topological polar surface area (TPSA) is 87.5 Å². The molecule has 0 aromatic heterocycles. The Morgan fingerprint density at radius 1 is 1.33 bits per heavy atom. The fraction of sp³-hybridized carbons (Fsp3) is 0.571. The van der Waals surface area contributed by atoms with Crippen molar-refractivity contribution in [2.75, 3.05) is 37.7 Å². The largest absolute Gasteiger partial charge is 0.397 e. The van der Waals surface area contributed by atoms with Gasteiger partial charge in [0.2, 0.25) is 10.0 Å². The number of nitrogens with two attached hydrogens (primary N) is 1. The number of anilines is 2. The van der Waals surface area contributed by atoms with E-state index in [0.29, 0.717) is 30.5 Å². The van der Waals surface area contributed by atoms with Gasteiger partial charge in [-0.1, -0.05) is 6.92 Å². The van der Waals surface area contributed by atoms with Crippen LogP contribution in [-0.4, -0.2) is 46.0 Å². The second kappa shape index (κ2) is 7.63. The summed E-state index contributed by atoms with van der Waals surface area (Å²) in [5.74, 6) is 0. The molecule has 0 bridgehead atoms. The maximum atomic E-state index is 12.0. The van der Waals surface area contributed by atoms with Gasteiger partial charge >= 0.3 is 0 Å². The van der Waals surface area contributed by atoms with Crippen molar-refractivity contribution in [2.24, 2.45) is 0 Å². The lowest BCUT2D eigenvalue weighted by molar-refractivity contribution is 0.284. The molecule has 21 heavy (non-hydrogen) atoms. The van der Waals surface area contributed by atoms with Crippen molar-refractivity contribution in [3.05, 3.63) is 18.2 Å². The first-order valence-corrected chi connectivity index (χ1v) is 8.59. The molecule has 6 nitrogen and oxygen atoms in total. The predicted octanol–water partition coefficient (Wildman–Crippen LogP) is 1.32. The standard InChI is InChI=1S/C14H26N4O2S/c1-5-17-21(19,20)12-6-7-13(15)14(10-12)16-8-9-18(4)11(2)3/h6-7,10-11,16-17H,5,8-9,15H2,1-4H3. The third-order valence-corrected chi connectivity index (χ3v) is 4.87. The van der Waals surface area contributed by atoms with Crippen molar-refractivity contribution >= 4 is 21.4 Å². The van der Waals surface area contributed by atoms with Gasteiger partial charge in [-0.2, -0.15) is 0 Å². The SMILES string of the molecule is CCNS(=O)(=O)c1ccc(N)c(NCCN(C)C(C)C)c1. The lowest BCUT2D eigenvalue weighted by atomic mass is 10.2. The number of nitrogens with one attached hydrogen (secondary N) is 2. The zero-order valence-corrected chi connectivity index (χ0v) is 14.0. The number of hydrogen-bond donors (Lipinski definition) is 3. The summed E-state index contributed by atoms with van der Waals surface area (Å²) in [4.78, 5) is 2.42. The summed E-state index contributed by atoms with van der Waals surface area (Å²) in [5, 5.41) is 3.19. The Balaban J connectivity index is 2.79. The molecule has 0 spiro atoms. The quantitative estimate of drug-likeness (QED) is 0.630. The van der Waals surface area contributed by atoms with E-state index < -0.39 is 10.0 Å². The van der Waals surface area contributed by atoms with Crippen LogP contribution in [0.25, 0.3) is 0 Å². The second-order valence-electron chi connectivity index (χ2n) is 5.25. The normalized spacial score (nSPS) is 12.1. The third kappa shape index (κ3) is 5.18. The number of nitrogens with zero attached hydrogens (tertiary/aromatic N) is 1. The van der Waals surface area contributed by atoms with E-state index in [9.17, 15) is 8.42 Å². The summed E-state index contributed by atoms with van der Waals surface area (Å²) in [6.45, 7) is 7.89. The van der Waals surface area contributed by atoms with E-state index in [4.69, 9.17) is 5.73 Å². The number of rotatable bonds is 8. The van der Waals surface area contributed by atoms with Crippen LogP contribution in [0.3, 0.4) is 0 Å². The molecule has 1 aromatic carbocycles. The Bertz CT molecular complexity index is 558. The van der Waals surface area contributed by atoms with Gasteiger partial charge in [-0.3, -0.25) is 0 Å². The highest BCUT2D eigenvalue weighted by molar-refractivity contribution is 7.89. The monoisotopic (exact) mass is 314 g/mol. The Hall–Kier alpha value is -1.31. The lowest BCUT2D eigenvalue weighted by Crippen LogP contribution is -2.31. The first-order valence-electron chi connectivity index (χ1n) is 7.11. The summed E-state index contributed by atoms with van der Waals surface area (Å²) < 4.78 is 26.4. The smallest absolute Gasteiger partial charge is 0.240 e. The molecule has 0 saturated carbocycles. The Labute approximate surface area is 127 Å². The Kier molecular flexibility index (Phi) is 6.44. The van der Waals surface area contributed by atoms with Gasteiger partial charge in [0, 0.05) is 25.7 Å². The van der Waals surface area contributed by atoms with Gasteiger partial charge in [0.15, 0.2) is 0 Å². The fourth-order valence-electron chi connectivity index (χ4n) is 1.75. The zero-order chi connectivity index (χ0) is 16.0. The number of benzene rings is 1. The minimum atomic E-state index is -3.46. The summed E-state index contributed by atoms with van der Waals surface area (Å²) >= 11 is 0. The summed E-state index contributed by atoms with van der Waals surface area (Å²) in [6.07, 6.45) is 0. The summed E-state index contributed by atoms with van der Waals surface area (Å²) in [5.41, 5.74) is 7.08. The molecular formula is C14H26N4O2S. The van der Waals surface area contributed by atoms with Crippen molar-refractivity contribution in [1.29, 1.82) is 0 Å². The maximum Gasteiger partial charge on any atom is 0.240 e. The minimum absolute atomic E-state index is 0.221. The van der Waals surface area contributed by atoms with Crippen LogP contribution < -0.4 is 15.8 Å². The van der Waals surface area contributed by atoms with Crippen LogP contribution >= 0.6 is 0 Å². The van der Waals surface area contributed by atoms with Gasteiger partial charge in [-0.25, -0.2) is 13.1 Å². The fourth-order valence-corrected chi connectivity index (χ4v) is 2.82. The molecule has 0 unspecified atom stereocenters. The van der Waals surface area contributed by atoms with Crippen LogP contribution in [-0.2, 0) is 10.0 Å². The van der Waals surface area contributed by atoms with Crippen molar-refractivity contribution in [3.63, 3.8) is 0 Å². The van der Waals surface area contributed by atoms with E-state index in [1.165, 1.54) is 6.07 Å². The molecule has 0 aliphatic rings. The van der Waals surface area contributed by atoms with Gasteiger partial charge < -0.3 is 16.0 Å². The first-order chi connectivity index (χ1) is 9.77. The first kappa shape index (κ1) is 17.7. The average molecular weight is 314 g/mol. The number of sulfonamides is 1. The Morgan fingerprint density at radius 2 is 2.00 bits per heavy atom. The molecule has 0 atom stereocenters. The highest BCUT2D eigenvalue weighted by atomic mass is 32.2. The van der Waals surface area contributed by atoms with E-state index in [1.54, 1.807) is 19.1 Å². The van der Waals surface area contributed by atoms with E-state index in [2.05, 4.69) is 28.8 Å². The molecule has 0 aliphatic carbocycles. The Morgan fingerprint density at radius 3 is 2.57 bits per heavy atom. The van der Waals surface area contributed by atoms with Gasteiger partial charge in [-0.15, -0.1) is 0 Å². The average Bonchev–Trinajstić information content (AvgIpc) is 2.40. The summed E-state index contributed by atoms with van der Waals surface area (Å²) in [6, 6.07) is 5.16. The molecule has 0 amide bonds. The molecule has 0 saturated heterocycles. The molecule has 1 rings (SSSR count). The molecule has 0 fully saturated rings. The molecule has 1 aromatic rings. The second-order valence-corrected chi connectivity index (χ2v) is 7.02. The lowest BCUT2D eigenvalue weighted by Gasteiger charge is -2.21. The molecule has 0 aliphatic heterocycles. The van der Waals surface area contributed by atoms with Crippen LogP contribution in [0.4, 0.5) is 11.4 Å². The van der Waals surface area contributed by atoms with E-state index in [-0.39, 0.29) is 4.90 Å². The predicted molar refractivity (Wildman–Crippen MR) is 88.0 cm³/mol. The van der Waals surface area contributed by atoms with E-state index in [1.807, 2.05) is 7.05 Å². The molecular weight excluding hydrogens is 288 g/mol. The molecule has 0 heterocycles.